The van der Waals surface area contributed by atoms with Crippen molar-refractivity contribution in [2.45, 2.75) is 51.2 Å². The number of H-pyrrole nitrogens is 2. The highest BCUT2D eigenvalue weighted by molar-refractivity contribution is 5.72. The van der Waals surface area contributed by atoms with E-state index in [2.05, 4.69) is 87.5 Å². The quantitative estimate of drug-likeness (QED) is 0.146. The van der Waals surface area contributed by atoms with E-state index in [4.69, 9.17) is 14.5 Å². The predicted molar refractivity (Wildman–Crippen MR) is 182 cm³/mol. The average molecular weight is 656 g/mol. The molecular weight excluding hydrogens is 610 g/mol. The van der Waals surface area contributed by atoms with Crippen molar-refractivity contribution in [1.29, 1.82) is 0 Å². The maximum absolute atomic E-state index is 11.9. The van der Waals surface area contributed by atoms with Crippen LogP contribution in [0.4, 0.5) is 9.59 Å². The normalized spacial score (nSPS) is 20.4. The van der Waals surface area contributed by atoms with Gasteiger partial charge in [0.2, 0.25) is 0 Å². The highest BCUT2D eigenvalue weighted by Gasteiger charge is 2.38. The van der Waals surface area contributed by atoms with E-state index in [0.717, 1.165) is 65.4 Å². The molecule has 0 saturated carbocycles. The molecule has 2 aromatic heterocycles. The lowest BCUT2D eigenvalue weighted by Crippen LogP contribution is -2.46. The number of methoxy groups -OCH3 is 2. The molecule has 2 fully saturated rings. The average Bonchev–Trinajstić information content (AvgIpc) is 3.91. The third-order valence-electron chi connectivity index (χ3n) is 9.67. The number of nitrogens with one attached hydrogen (secondary N) is 3. The number of nitrogens with zero attached hydrogens (tertiary/aromatic N) is 4. The van der Waals surface area contributed by atoms with Gasteiger partial charge in [0.15, 0.2) is 0 Å². The number of hydrogen-bond donors (Lipinski definition) is 4. The minimum atomic E-state index is -0.943. The summed E-state index contributed by atoms with van der Waals surface area (Å²) in [5.74, 6) is 2.02. The van der Waals surface area contributed by atoms with Gasteiger partial charge in [-0.1, -0.05) is 62.4 Å². The van der Waals surface area contributed by atoms with Crippen molar-refractivity contribution in [3.05, 3.63) is 72.6 Å². The highest BCUT2D eigenvalue weighted by atomic mass is 16.5. The van der Waals surface area contributed by atoms with Gasteiger partial charge in [-0.3, -0.25) is 9.80 Å². The summed E-state index contributed by atoms with van der Waals surface area (Å²) in [4.78, 5) is 43.9. The van der Waals surface area contributed by atoms with Crippen LogP contribution >= 0.6 is 0 Å². The van der Waals surface area contributed by atoms with E-state index in [0.29, 0.717) is 25.4 Å². The largest absolute Gasteiger partial charge is 0.465 e. The number of aromatic nitrogens is 4. The first-order valence-electron chi connectivity index (χ1n) is 16.6. The van der Waals surface area contributed by atoms with Gasteiger partial charge < -0.3 is 29.9 Å². The maximum Gasteiger partial charge on any atom is 0.407 e. The van der Waals surface area contributed by atoms with Crippen molar-refractivity contribution in [2.24, 2.45) is 11.8 Å². The van der Waals surface area contributed by atoms with E-state index in [-0.39, 0.29) is 30.0 Å². The van der Waals surface area contributed by atoms with E-state index in [1.807, 2.05) is 6.20 Å². The Hall–Kier alpha value is -4.68. The number of rotatable bonds is 11. The Balaban J connectivity index is 1.10. The van der Waals surface area contributed by atoms with Gasteiger partial charge in [0.25, 0.3) is 0 Å². The number of alkyl carbamates (subject to hydrolysis) is 1. The zero-order valence-electron chi connectivity index (χ0n) is 28.0. The summed E-state index contributed by atoms with van der Waals surface area (Å²) in [5.41, 5.74) is 6.05. The number of benzene rings is 2. The number of carboxylic acid groups (broad SMARTS) is 1. The van der Waals surface area contributed by atoms with Crippen molar-refractivity contribution in [3.8, 4) is 33.6 Å². The fourth-order valence-corrected chi connectivity index (χ4v) is 6.98. The van der Waals surface area contributed by atoms with Crippen LogP contribution in [0.5, 0.6) is 0 Å². The number of carbonyl (C=O) groups excluding carboxylic acids is 1. The molecule has 4 N–H and O–H groups in total. The molecule has 0 spiro atoms. The summed E-state index contributed by atoms with van der Waals surface area (Å²) < 4.78 is 10.1. The van der Waals surface area contributed by atoms with Gasteiger partial charge in [-0.2, -0.15) is 0 Å². The molecule has 4 aromatic rings. The Kier molecular flexibility index (Phi) is 10.1. The van der Waals surface area contributed by atoms with Crippen LogP contribution in [0.2, 0.25) is 0 Å². The first kappa shape index (κ1) is 33.2. The second-order valence-corrected chi connectivity index (χ2v) is 13.2. The van der Waals surface area contributed by atoms with Gasteiger partial charge in [0.1, 0.15) is 11.6 Å². The van der Waals surface area contributed by atoms with Crippen LogP contribution < -0.4 is 5.32 Å². The molecule has 254 valence electrons. The van der Waals surface area contributed by atoms with Gasteiger partial charge in [-0.15, -0.1) is 0 Å². The van der Waals surface area contributed by atoms with Crippen LogP contribution in [0.25, 0.3) is 33.6 Å². The van der Waals surface area contributed by atoms with Gasteiger partial charge in [0.05, 0.1) is 49.6 Å². The molecule has 2 aliphatic heterocycles. The summed E-state index contributed by atoms with van der Waals surface area (Å²) in [6.45, 7) is 6.88. The van der Waals surface area contributed by atoms with E-state index < -0.39 is 12.2 Å². The van der Waals surface area contributed by atoms with Crippen LogP contribution in [-0.4, -0.2) is 93.5 Å². The molecule has 4 heterocycles. The van der Waals surface area contributed by atoms with Gasteiger partial charge in [0, 0.05) is 32.2 Å². The van der Waals surface area contributed by atoms with Crippen LogP contribution in [0.15, 0.2) is 60.9 Å². The van der Waals surface area contributed by atoms with Crippen LogP contribution in [0.1, 0.15) is 56.8 Å². The summed E-state index contributed by atoms with van der Waals surface area (Å²) >= 11 is 0. The molecule has 48 heavy (non-hydrogen) atoms. The van der Waals surface area contributed by atoms with Crippen LogP contribution in [0, 0.1) is 11.8 Å². The molecule has 2 aromatic carbocycles. The highest BCUT2D eigenvalue weighted by Crippen LogP contribution is 2.36. The molecule has 2 saturated heterocycles. The smallest absolute Gasteiger partial charge is 0.407 e. The minimum Gasteiger partial charge on any atom is -0.465 e. The molecule has 0 aliphatic carbocycles. The van der Waals surface area contributed by atoms with Crippen LogP contribution in [-0.2, 0) is 9.47 Å². The summed E-state index contributed by atoms with van der Waals surface area (Å²) in [6.07, 6.45) is 5.10. The monoisotopic (exact) mass is 655 g/mol. The number of ether oxygens (including phenoxy) is 2. The number of hydrogen-bond acceptors (Lipinski definition) is 7. The number of likely N-dealkylation sites (tertiary alicyclic amines) is 2. The van der Waals surface area contributed by atoms with E-state index >= 15 is 0 Å². The van der Waals surface area contributed by atoms with E-state index in [9.17, 15) is 14.7 Å². The molecular formula is C36H45N7O5. The number of aromatic amines is 2. The van der Waals surface area contributed by atoms with Crippen molar-refractivity contribution < 1.29 is 24.2 Å². The molecule has 0 bridgehead atoms. The zero-order valence-corrected chi connectivity index (χ0v) is 28.0. The fraction of sp³-hybridized carbons (Fsp3) is 0.444. The summed E-state index contributed by atoms with van der Waals surface area (Å²) in [5, 5.41) is 12.7. The third kappa shape index (κ3) is 7.24. The second-order valence-electron chi connectivity index (χ2n) is 13.2. The fourth-order valence-electron chi connectivity index (χ4n) is 6.98. The third-order valence-corrected chi connectivity index (χ3v) is 9.67. The second kappa shape index (κ2) is 14.6. The van der Waals surface area contributed by atoms with Crippen molar-refractivity contribution in [1.82, 2.24) is 35.1 Å². The van der Waals surface area contributed by atoms with Crippen LogP contribution in [0.3, 0.4) is 0 Å². The molecule has 2 unspecified atom stereocenters. The predicted octanol–water partition coefficient (Wildman–Crippen LogP) is 6.34. The molecule has 4 atom stereocenters. The zero-order chi connectivity index (χ0) is 33.8. The topological polar surface area (TPSA) is 149 Å². The molecule has 12 nitrogen and oxygen atoms in total. The first-order chi connectivity index (χ1) is 23.2. The Labute approximate surface area is 280 Å². The summed E-state index contributed by atoms with van der Waals surface area (Å²) in [6, 6.07) is 16.6. The lowest BCUT2D eigenvalue weighted by molar-refractivity contribution is 0.131. The van der Waals surface area contributed by atoms with Gasteiger partial charge in [-0.05, 0) is 54.0 Å². The molecule has 2 aliphatic rings. The summed E-state index contributed by atoms with van der Waals surface area (Å²) in [7, 11) is 3.03. The number of imidazole rings is 2. The lowest BCUT2D eigenvalue weighted by Gasteiger charge is -2.30. The molecule has 0 radical (unpaired) electrons. The standard InChI is InChI=1S/C36H45N7O5/c1-22(2)30(41-35(44)48-4)20-42-15-5-6-31(42)33-37-17-28(39-33)26-11-7-24(8-12-26)25-9-13-27(14-10-25)29-18-38-34(40-29)32-16-23(21-47-3)19-43(32)36(45)46/h7-14,17-18,22-23,30-32H,5-6,15-16,19-21H2,1-4H3,(H,37,39)(H,38,40)(H,41,44)(H,45,46)/t23?,30-,31+,32?/m1/s1. The van der Waals surface area contributed by atoms with E-state index in [1.165, 1.54) is 12.0 Å². The molecule has 12 heteroatoms. The Morgan fingerprint density at radius 3 is 2.00 bits per heavy atom. The van der Waals surface area contributed by atoms with Crippen molar-refractivity contribution >= 4 is 12.2 Å². The molecule has 6 rings (SSSR count). The van der Waals surface area contributed by atoms with Gasteiger partial charge >= 0.3 is 12.2 Å². The lowest BCUT2D eigenvalue weighted by atomic mass is 10.0. The van der Waals surface area contributed by atoms with Crippen molar-refractivity contribution in [3.63, 3.8) is 0 Å². The Morgan fingerprint density at radius 2 is 1.48 bits per heavy atom. The van der Waals surface area contributed by atoms with E-state index in [1.54, 1.807) is 13.3 Å². The Bertz CT molecular complexity index is 1680. The maximum atomic E-state index is 11.9. The minimum absolute atomic E-state index is 0.0119. The van der Waals surface area contributed by atoms with Gasteiger partial charge in [-0.25, -0.2) is 19.6 Å². The number of amides is 2. The Morgan fingerprint density at radius 1 is 0.917 bits per heavy atom. The SMILES string of the molecule is COCC1CC(c2ncc(-c3ccc(-c4ccc(-c5cnc([C@@H]6CCCN6C[C@@H](NC(=O)OC)C(C)C)[nH]5)cc4)cc3)[nH]2)N(C(=O)O)C1. The first-order valence-corrected chi connectivity index (χ1v) is 16.6. The molecule has 2 amide bonds. The van der Waals surface area contributed by atoms with Crippen molar-refractivity contribution in [2.75, 3.05) is 40.5 Å². The number of carbonyl (C=O) groups is 2.